The largest absolute Gasteiger partial charge is 0.375 e. The van der Waals surface area contributed by atoms with E-state index in [9.17, 15) is 4.79 Å². The minimum atomic E-state index is 0.0889. The summed E-state index contributed by atoms with van der Waals surface area (Å²) in [6.07, 6.45) is 1.30. The molecule has 0 radical (unpaired) electrons. The summed E-state index contributed by atoms with van der Waals surface area (Å²) in [5.74, 6) is 1.10. The second-order valence-corrected chi connectivity index (χ2v) is 8.22. The molecule has 2 aliphatic heterocycles. The highest BCUT2D eigenvalue weighted by atomic mass is 32.2. The van der Waals surface area contributed by atoms with Crippen LogP contribution in [0.5, 0.6) is 0 Å². The van der Waals surface area contributed by atoms with Gasteiger partial charge in [0.25, 0.3) is 0 Å². The van der Waals surface area contributed by atoms with Crippen LogP contribution in [0.25, 0.3) is 0 Å². The first-order valence-corrected chi connectivity index (χ1v) is 8.90. The molecule has 3 heterocycles. The summed E-state index contributed by atoms with van der Waals surface area (Å²) in [7, 11) is 1.56. The smallest absolute Gasteiger partial charge is 0.248 e. The van der Waals surface area contributed by atoms with E-state index in [2.05, 4.69) is 10.4 Å². The van der Waals surface area contributed by atoms with Gasteiger partial charge in [-0.05, 0) is 13.3 Å². The van der Waals surface area contributed by atoms with Crippen LogP contribution in [0.1, 0.15) is 17.1 Å². The molecule has 2 fully saturated rings. The van der Waals surface area contributed by atoms with Gasteiger partial charge >= 0.3 is 0 Å². The van der Waals surface area contributed by atoms with E-state index in [0.717, 1.165) is 36.0 Å². The molecule has 0 saturated carbocycles. The first kappa shape index (κ1) is 15.3. The van der Waals surface area contributed by atoms with Crippen molar-refractivity contribution >= 4 is 29.0 Å². The number of carbonyl (C=O) groups excluding carboxylic acids is 1. The number of thiazole rings is 1. The molecule has 3 rings (SSSR count). The standard InChI is InChI=1S/C14H20N2O3S2/c1-10-15-11(6-20-10)4-19-12-3-14(21-7-12)8-16(9-14)13(17)5-18-2/h6,12H,3-5,7-9H2,1-2H3/t12-/m1/s1. The van der Waals surface area contributed by atoms with Crippen LogP contribution >= 0.6 is 23.1 Å². The molecule has 1 amide bonds. The van der Waals surface area contributed by atoms with E-state index in [1.165, 1.54) is 0 Å². The Bertz CT molecular complexity index is 514. The van der Waals surface area contributed by atoms with Crippen LogP contribution in [0.3, 0.4) is 0 Å². The second kappa shape index (κ2) is 6.24. The summed E-state index contributed by atoms with van der Waals surface area (Å²) in [6, 6.07) is 0. The number of nitrogens with zero attached hydrogens (tertiary/aromatic N) is 2. The Morgan fingerprint density at radius 2 is 2.38 bits per heavy atom. The Morgan fingerprint density at radius 3 is 3.05 bits per heavy atom. The van der Waals surface area contributed by atoms with Crippen molar-refractivity contribution in [1.82, 2.24) is 9.88 Å². The highest BCUT2D eigenvalue weighted by Crippen LogP contribution is 2.46. The number of aryl methyl sites for hydroxylation is 1. The summed E-state index contributed by atoms with van der Waals surface area (Å²) >= 11 is 3.60. The Balaban J connectivity index is 1.43. The SMILES string of the molecule is COCC(=O)N1CC2(C[C@@H](OCc3csc(C)n3)CS2)C1. The maximum absolute atomic E-state index is 11.7. The lowest BCUT2D eigenvalue weighted by Gasteiger charge is -2.47. The number of ether oxygens (including phenoxy) is 2. The van der Waals surface area contributed by atoms with E-state index in [0.29, 0.717) is 6.61 Å². The normalized spacial score (nSPS) is 23.5. The van der Waals surface area contributed by atoms with Gasteiger partial charge in [0.15, 0.2) is 0 Å². The van der Waals surface area contributed by atoms with Crippen molar-refractivity contribution in [1.29, 1.82) is 0 Å². The molecule has 0 N–H and O–H groups in total. The van der Waals surface area contributed by atoms with Gasteiger partial charge in [-0.25, -0.2) is 4.98 Å². The molecule has 1 aromatic heterocycles. The molecular formula is C14H20N2O3S2. The Hall–Kier alpha value is -0.630. The molecule has 116 valence electrons. The third kappa shape index (κ3) is 3.41. The third-order valence-corrected chi connectivity index (χ3v) is 6.29. The van der Waals surface area contributed by atoms with Gasteiger partial charge < -0.3 is 14.4 Å². The van der Waals surface area contributed by atoms with Gasteiger partial charge in [-0.1, -0.05) is 0 Å². The van der Waals surface area contributed by atoms with Gasteiger partial charge in [-0.3, -0.25) is 4.79 Å². The average Bonchev–Trinajstić information content (AvgIpc) is 3.01. The van der Waals surface area contributed by atoms with Crippen molar-refractivity contribution in [2.24, 2.45) is 0 Å². The number of hydrogen-bond donors (Lipinski definition) is 0. The Morgan fingerprint density at radius 1 is 1.57 bits per heavy atom. The van der Waals surface area contributed by atoms with Crippen molar-refractivity contribution in [3.05, 3.63) is 16.1 Å². The summed E-state index contributed by atoms with van der Waals surface area (Å²) in [5, 5.41) is 3.14. The summed E-state index contributed by atoms with van der Waals surface area (Å²) in [5.41, 5.74) is 1.02. The van der Waals surface area contributed by atoms with Crippen molar-refractivity contribution in [3.8, 4) is 0 Å². The van der Waals surface area contributed by atoms with Gasteiger partial charge in [0, 0.05) is 31.3 Å². The minimum absolute atomic E-state index is 0.0889. The molecule has 0 bridgehead atoms. The number of rotatable bonds is 5. The second-order valence-electron chi connectivity index (χ2n) is 5.67. The van der Waals surface area contributed by atoms with Crippen molar-refractivity contribution < 1.29 is 14.3 Å². The quantitative estimate of drug-likeness (QED) is 0.823. The van der Waals surface area contributed by atoms with E-state index in [1.807, 2.05) is 23.6 Å². The number of carbonyl (C=O) groups is 1. The summed E-state index contributed by atoms with van der Waals surface area (Å²) < 4.78 is 11.1. The first-order valence-electron chi connectivity index (χ1n) is 7.03. The van der Waals surface area contributed by atoms with Crippen LogP contribution in [-0.2, 0) is 20.9 Å². The molecule has 0 unspecified atom stereocenters. The molecule has 21 heavy (non-hydrogen) atoms. The lowest BCUT2D eigenvalue weighted by Crippen LogP contribution is -2.61. The van der Waals surface area contributed by atoms with E-state index >= 15 is 0 Å². The number of hydrogen-bond acceptors (Lipinski definition) is 6. The maximum Gasteiger partial charge on any atom is 0.248 e. The molecule has 5 nitrogen and oxygen atoms in total. The number of thioether (sulfide) groups is 1. The lowest BCUT2D eigenvalue weighted by molar-refractivity contribution is -0.140. The third-order valence-electron chi connectivity index (χ3n) is 3.89. The van der Waals surface area contributed by atoms with Gasteiger partial charge in [-0.15, -0.1) is 23.1 Å². The van der Waals surface area contributed by atoms with E-state index in [4.69, 9.17) is 9.47 Å². The van der Waals surface area contributed by atoms with Crippen LogP contribution in [0.2, 0.25) is 0 Å². The maximum atomic E-state index is 11.7. The van der Waals surface area contributed by atoms with Crippen LogP contribution in [0.4, 0.5) is 0 Å². The number of methoxy groups -OCH3 is 1. The number of likely N-dealkylation sites (tertiary alicyclic amines) is 1. The molecule has 0 aliphatic carbocycles. The average molecular weight is 328 g/mol. The number of amides is 1. The van der Waals surface area contributed by atoms with Crippen molar-refractivity contribution in [2.75, 3.05) is 32.6 Å². The predicted molar refractivity (Wildman–Crippen MR) is 83.7 cm³/mol. The van der Waals surface area contributed by atoms with Gasteiger partial charge in [0.1, 0.15) is 6.61 Å². The molecule has 7 heteroatoms. The fourth-order valence-electron chi connectivity index (χ4n) is 2.85. The lowest BCUT2D eigenvalue weighted by atomic mass is 9.93. The van der Waals surface area contributed by atoms with Gasteiger partial charge in [0.05, 0.1) is 28.2 Å². The number of aromatic nitrogens is 1. The minimum Gasteiger partial charge on any atom is -0.375 e. The fourth-order valence-corrected chi connectivity index (χ4v) is 5.00. The molecule has 1 aromatic rings. The Kier molecular flexibility index (Phi) is 4.54. The molecule has 0 aromatic carbocycles. The van der Waals surface area contributed by atoms with Crippen molar-refractivity contribution in [3.63, 3.8) is 0 Å². The van der Waals surface area contributed by atoms with Crippen molar-refractivity contribution in [2.45, 2.75) is 30.8 Å². The van der Waals surface area contributed by atoms with E-state index in [1.54, 1.807) is 18.4 Å². The zero-order valence-electron chi connectivity index (χ0n) is 12.3. The Labute approximate surface area is 133 Å². The van der Waals surface area contributed by atoms with Gasteiger partial charge in [-0.2, -0.15) is 0 Å². The van der Waals surface area contributed by atoms with Crippen LogP contribution in [-0.4, -0.2) is 59.2 Å². The topological polar surface area (TPSA) is 51.7 Å². The molecular weight excluding hydrogens is 308 g/mol. The van der Waals surface area contributed by atoms with Crippen LogP contribution in [0, 0.1) is 6.92 Å². The highest BCUT2D eigenvalue weighted by molar-refractivity contribution is 8.01. The predicted octanol–water partition coefficient (Wildman–Crippen LogP) is 1.70. The molecule has 2 saturated heterocycles. The first-order chi connectivity index (χ1) is 10.1. The van der Waals surface area contributed by atoms with E-state index < -0.39 is 0 Å². The summed E-state index contributed by atoms with van der Waals surface area (Å²) in [6.45, 7) is 4.45. The van der Waals surface area contributed by atoms with Gasteiger partial charge in [0.2, 0.25) is 5.91 Å². The molecule has 2 aliphatic rings. The fraction of sp³-hybridized carbons (Fsp3) is 0.714. The highest BCUT2D eigenvalue weighted by Gasteiger charge is 2.50. The van der Waals surface area contributed by atoms with Crippen LogP contribution in [0.15, 0.2) is 5.38 Å². The zero-order valence-corrected chi connectivity index (χ0v) is 14.0. The van der Waals surface area contributed by atoms with E-state index in [-0.39, 0.29) is 23.4 Å². The molecule has 1 atom stereocenters. The molecule has 1 spiro atoms. The van der Waals surface area contributed by atoms with Crippen LogP contribution < -0.4 is 0 Å². The zero-order chi connectivity index (χ0) is 14.9. The monoisotopic (exact) mass is 328 g/mol. The summed E-state index contributed by atoms with van der Waals surface area (Å²) in [4.78, 5) is 18.0.